The van der Waals surface area contributed by atoms with E-state index < -0.39 is 20.0 Å². The number of benzene rings is 1. The van der Waals surface area contributed by atoms with Gasteiger partial charge in [0.1, 0.15) is 0 Å². The number of hydrogen-bond donors (Lipinski definition) is 0. The van der Waals surface area contributed by atoms with Crippen LogP contribution in [-0.4, -0.2) is 25.8 Å². The topological polar surface area (TPSA) is 17.1 Å². The van der Waals surface area contributed by atoms with E-state index in [1.54, 1.807) is 0 Å². The maximum atomic E-state index is 12.4. The van der Waals surface area contributed by atoms with Crippen molar-refractivity contribution in [3.05, 3.63) is 46.4 Å². The molecule has 1 aliphatic rings. The quantitative estimate of drug-likeness (QED) is 0.765. The van der Waals surface area contributed by atoms with E-state index in [2.05, 4.69) is 0 Å². The molecule has 0 saturated heterocycles. The van der Waals surface area contributed by atoms with Crippen LogP contribution in [0.2, 0.25) is 0 Å². The molecule has 0 bridgehead atoms. The van der Waals surface area contributed by atoms with Crippen LogP contribution >= 0.6 is 0 Å². The van der Waals surface area contributed by atoms with Crippen molar-refractivity contribution >= 4 is 20.7 Å². The first-order valence-electron chi connectivity index (χ1n) is 5.48. The van der Waals surface area contributed by atoms with Gasteiger partial charge in [0.2, 0.25) is 0 Å². The van der Waals surface area contributed by atoms with Gasteiger partial charge in [-0.1, -0.05) is 0 Å². The Morgan fingerprint density at radius 1 is 1.11 bits per heavy atom. The van der Waals surface area contributed by atoms with Crippen LogP contribution in [0.1, 0.15) is 24.3 Å². The van der Waals surface area contributed by atoms with Gasteiger partial charge in [0.25, 0.3) is 0 Å². The molecule has 0 saturated carbocycles. The van der Waals surface area contributed by atoms with Crippen LogP contribution in [0.5, 0.6) is 0 Å². The molecular formula is C13H11F3OSe. The molecule has 96 valence electrons. The number of halogens is 3. The zero-order valence-electron chi connectivity index (χ0n) is 9.41. The molecule has 1 nitrogen and oxygen atoms in total. The normalized spacial score (nSPS) is 20.7. The summed E-state index contributed by atoms with van der Waals surface area (Å²) in [5.74, 6) is -0.306. The van der Waals surface area contributed by atoms with E-state index in [1.165, 1.54) is 6.08 Å². The fourth-order valence-corrected chi connectivity index (χ4v) is 3.66. The average Bonchev–Trinajstić information content (AvgIpc) is 2.27. The fraction of sp³-hybridized carbons (Fsp3) is 0.308. The predicted octanol–water partition coefficient (Wildman–Crippen LogP) is 3.24. The molecule has 1 atom stereocenters. The Morgan fingerprint density at radius 3 is 2.39 bits per heavy atom. The Labute approximate surface area is 109 Å². The number of carbonyl (C=O) groups is 1. The van der Waals surface area contributed by atoms with Crippen molar-refractivity contribution in [1.82, 2.24) is 0 Å². The summed E-state index contributed by atoms with van der Waals surface area (Å²) >= 11 is -1.59. The molecule has 0 spiro atoms. The summed E-state index contributed by atoms with van der Waals surface area (Å²) in [6, 6.07) is 9.26. The predicted molar refractivity (Wildman–Crippen MR) is 63.3 cm³/mol. The van der Waals surface area contributed by atoms with Gasteiger partial charge in [0.05, 0.1) is 0 Å². The SMILES string of the molecule is O=C1C=C([Se]C(F)(F)F)CC(c2ccccc2)C1. The summed E-state index contributed by atoms with van der Waals surface area (Å²) in [5, 5.41) is -4.18. The summed E-state index contributed by atoms with van der Waals surface area (Å²) in [6.45, 7) is 0. The minimum absolute atomic E-state index is 0.108. The Morgan fingerprint density at radius 2 is 1.78 bits per heavy atom. The molecule has 1 aliphatic carbocycles. The van der Waals surface area contributed by atoms with Crippen molar-refractivity contribution in [3.8, 4) is 0 Å². The molecule has 0 heterocycles. The van der Waals surface area contributed by atoms with Crippen molar-refractivity contribution in [2.24, 2.45) is 0 Å². The van der Waals surface area contributed by atoms with E-state index in [0.717, 1.165) is 5.56 Å². The first-order chi connectivity index (χ1) is 8.44. The second-order valence-corrected chi connectivity index (χ2v) is 6.64. The van der Waals surface area contributed by atoms with Gasteiger partial charge >= 0.3 is 109 Å². The van der Waals surface area contributed by atoms with Crippen LogP contribution < -0.4 is 0 Å². The van der Waals surface area contributed by atoms with E-state index in [0.29, 0.717) is 12.8 Å². The van der Waals surface area contributed by atoms with Crippen LogP contribution in [0.4, 0.5) is 13.2 Å². The molecule has 5 heteroatoms. The second-order valence-electron chi connectivity index (χ2n) is 4.14. The van der Waals surface area contributed by atoms with Crippen molar-refractivity contribution in [2.75, 3.05) is 0 Å². The van der Waals surface area contributed by atoms with Crippen LogP contribution in [0.15, 0.2) is 40.9 Å². The Hall–Kier alpha value is -1.06. The second kappa shape index (κ2) is 5.29. The molecule has 0 aromatic heterocycles. The van der Waals surface area contributed by atoms with Crippen LogP contribution in [0.3, 0.4) is 0 Å². The first kappa shape index (κ1) is 13.4. The summed E-state index contributed by atoms with van der Waals surface area (Å²) < 4.78 is 37.4. The molecule has 0 aliphatic heterocycles. The third-order valence-electron chi connectivity index (χ3n) is 2.73. The van der Waals surface area contributed by atoms with E-state index in [-0.39, 0.29) is 16.2 Å². The number of hydrogen-bond acceptors (Lipinski definition) is 1. The molecule has 0 radical (unpaired) electrons. The van der Waals surface area contributed by atoms with Crippen molar-refractivity contribution < 1.29 is 18.0 Å². The molecule has 1 aromatic rings. The Balaban J connectivity index is 2.15. The third kappa shape index (κ3) is 3.72. The van der Waals surface area contributed by atoms with Gasteiger partial charge < -0.3 is 0 Å². The molecule has 1 unspecified atom stereocenters. The molecule has 2 rings (SSSR count). The standard InChI is InChI=1S/C13H11F3OSe/c14-13(15,16)18-12-7-10(6-11(17)8-12)9-4-2-1-3-5-9/h1-5,8,10H,6-7H2. The zero-order chi connectivity index (χ0) is 13.2. The summed E-state index contributed by atoms with van der Waals surface area (Å²) in [6.07, 6.45) is 1.84. The maximum absolute atomic E-state index is 12.4. The van der Waals surface area contributed by atoms with E-state index in [9.17, 15) is 18.0 Å². The molecule has 0 fully saturated rings. The molecular weight excluding hydrogens is 308 g/mol. The average molecular weight is 319 g/mol. The van der Waals surface area contributed by atoms with E-state index in [4.69, 9.17) is 0 Å². The zero-order valence-corrected chi connectivity index (χ0v) is 11.1. The van der Waals surface area contributed by atoms with Gasteiger partial charge in [-0.2, -0.15) is 0 Å². The number of rotatable bonds is 2. The number of carbonyl (C=O) groups excluding carboxylic acids is 1. The van der Waals surface area contributed by atoms with Gasteiger partial charge in [-0.15, -0.1) is 0 Å². The van der Waals surface area contributed by atoms with E-state index in [1.807, 2.05) is 30.3 Å². The molecule has 1 aromatic carbocycles. The monoisotopic (exact) mass is 320 g/mol. The van der Waals surface area contributed by atoms with Gasteiger partial charge in [0.15, 0.2) is 0 Å². The molecule has 0 N–H and O–H groups in total. The van der Waals surface area contributed by atoms with Gasteiger partial charge in [-0.05, 0) is 0 Å². The summed E-state index contributed by atoms with van der Waals surface area (Å²) in [4.78, 5) is 11.5. The Kier molecular flexibility index (Phi) is 3.93. The van der Waals surface area contributed by atoms with Crippen LogP contribution in [0.25, 0.3) is 0 Å². The first-order valence-corrected chi connectivity index (χ1v) is 7.19. The number of ketones is 1. The summed E-state index contributed by atoms with van der Waals surface area (Å²) in [5.41, 5.74) is 0.939. The van der Waals surface area contributed by atoms with Crippen LogP contribution in [-0.2, 0) is 4.79 Å². The van der Waals surface area contributed by atoms with Gasteiger partial charge in [0, 0.05) is 0 Å². The Bertz CT molecular complexity index is 465. The molecule has 0 amide bonds. The summed E-state index contributed by atoms with van der Waals surface area (Å²) in [7, 11) is 0. The fourth-order valence-electron chi connectivity index (χ4n) is 2.04. The third-order valence-corrected chi connectivity index (χ3v) is 4.37. The van der Waals surface area contributed by atoms with Gasteiger partial charge in [-0.3, -0.25) is 0 Å². The molecule has 18 heavy (non-hydrogen) atoms. The van der Waals surface area contributed by atoms with Gasteiger partial charge in [-0.25, -0.2) is 0 Å². The number of allylic oxidation sites excluding steroid dienone is 2. The number of alkyl halides is 3. The van der Waals surface area contributed by atoms with Crippen molar-refractivity contribution in [3.63, 3.8) is 0 Å². The van der Waals surface area contributed by atoms with Crippen molar-refractivity contribution in [1.29, 1.82) is 0 Å². The van der Waals surface area contributed by atoms with Crippen LogP contribution in [0, 0.1) is 0 Å². The van der Waals surface area contributed by atoms with E-state index >= 15 is 0 Å². The minimum atomic E-state index is -4.18. The van der Waals surface area contributed by atoms with Crippen molar-refractivity contribution in [2.45, 2.75) is 23.8 Å².